The van der Waals surface area contributed by atoms with E-state index in [1.54, 1.807) is 0 Å². The number of nitrogens with one attached hydrogen (secondary N) is 2. The molecule has 0 radical (unpaired) electrons. The van der Waals surface area contributed by atoms with Gasteiger partial charge in [-0.2, -0.15) is 5.10 Å². The van der Waals surface area contributed by atoms with Crippen LogP contribution in [-0.2, 0) is 16.1 Å². The molecule has 21 heavy (non-hydrogen) atoms. The lowest BCUT2D eigenvalue weighted by atomic mass is 10.1. The molecule has 116 valence electrons. The second-order valence-corrected chi connectivity index (χ2v) is 4.41. The third kappa shape index (κ3) is 5.89. The first kappa shape index (κ1) is 16.4. The molecule has 10 nitrogen and oxygen atoms in total. The van der Waals surface area contributed by atoms with E-state index in [2.05, 4.69) is 20.5 Å². The molecule has 1 aromatic rings. The van der Waals surface area contributed by atoms with E-state index >= 15 is 0 Å². The van der Waals surface area contributed by atoms with Crippen molar-refractivity contribution in [2.75, 3.05) is 7.05 Å². The van der Waals surface area contributed by atoms with Crippen LogP contribution in [0, 0.1) is 0 Å². The van der Waals surface area contributed by atoms with Crippen molar-refractivity contribution < 1.29 is 24.6 Å². The average molecular weight is 299 g/mol. The molecule has 10 heteroatoms. The van der Waals surface area contributed by atoms with Gasteiger partial charge in [0.15, 0.2) is 0 Å². The van der Waals surface area contributed by atoms with E-state index in [0.717, 1.165) is 0 Å². The summed E-state index contributed by atoms with van der Waals surface area (Å²) in [7, 11) is 1.48. The molecular weight excluding hydrogens is 282 g/mol. The SMILES string of the molecule is CN(Cc1ncn[nH]1)C(=O)N[C@H](CCCC(=O)O)C(=O)O. The van der Waals surface area contributed by atoms with Crippen LogP contribution in [-0.4, -0.2) is 61.4 Å². The van der Waals surface area contributed by atoms with Crippen molar-refractivity contribution in [3.63, 3.8) is 0 Å². The van der Waals surface area contributed by atoms with Gasteiger partial charge in [0.1, 0.15) is 18.2 Å². The Morgan fingerprint density at radius 3 is 2.67 bits per heavy atom. The molecule has 0 aliphatic heterocycles. The summed E-state index contributed by atoms with van der Waals surface area (Å²) in [5.41, 5.74) is 0. The van der Waals surface area contributed by atoms with Crippen LogP contribution >= 0.6 is 0 Å². The largest absolute Gasteiger partial charge is 0.481 e. The Morgan fingerprint density at radius 2 is 2.14 bits per heavy atom. The Balaban J connectivity index is 2.47. The number of urea groups is 1. The van der Waals surface area contributed by atoms with Gasteiger partial charge in [-0.15, -0.1) is 0 Å². The first-order chi connectivity index (χ1) is 9.90. The highest BCUT2D eigenvalue weighted by Crippen LogP contribution is 2.03. The van der Waals surface area contributed by atoms with Crippen molar-refractivity contribution in [1.82, 2.24) is 25.4 Å². The lowest BCUT2D eigenvalue weighted by molar-refractivity contribution is -0.140. The van der Waals surface area contributed by atoms with Gasteiger partial charge in [-0.05, 0) is 12.8 Å². The summed E-state index contributed by atoms with van der Waals surface area (Å²) in [5, 5.41) is 26.1. The summed E-state index contributed by atoms with van der Waals surface area (Å²) in [6.45, 7) is 0.146. The van der Waals surface area contributed by atoms with E-state index in [-0.39, 0.29) is 25.8 Å². The minimum Gasteiger partial charge on any atom is -0.481 e. The number of aliphatic carboxylic acids is 2. The molecule has 4 N–H and O–H groups in total. The van der Waals surface area contributed by atoms with Crippen molar-refractivity contribution in [2.45, 2.75) is 31.8 Å². The molecule has 0 bridgehead atoms. The number of hydrogen-bond acceptors (Lipinski definition) is 5. The van der Waals surface area contributed by atoms with Gasteiger partial charge in [0.05, 0.1) is 6.54 Å². The standard InChI is InChI=1S/C11H17N5O5/c1-16(5-8-12-6-13-15-8)11(21)14-7(10(19)20)3-2-4-9(17)18/h6-7H,2-5H2,1H3,(H,14,21)(H,17,18)(H,19,20)(H,12,13,15)/t7-/m1/s1. The summed E-state index contributed by atoms with van der Waals surface area (Å²) in [4.78, 5) is 38.4. The van der Waals surface area contributed by atoms with Gasteiger partial charge < -0.3 is 20.4 Å². The zero-order chi connectivity index (χ0) is 15.8. The maximum absolute atomic E-state index is 11.9. The van der Waals surface area contributed by atoms with E-state index in [1.807, 2.05) is 0 Å². The molecule has 2 amide bonds. The number of aromatic amines is 1. The van der Waals surface area contributed by atoms with Crippen LogP contribution in [0.15, 0.2) is 6.33 Å². The third-order valence-electron chi connectivity index (χ3n) is 2.68. The Hall–Kier alpha value is -2.65. The number of aromatic nitrogens is 3. The van der Waals surface area contributed by atoms with Gasteiger partial charge in [0.25, 0.3) is 0 Å². The number of hydrogen-bond donors (Lipinski definition) is 4. The molecule has 0 aromatic carbocycles. The van der Waals surface area contributed by atoms with Crippen LogP contribution in [0.5, 0.6) is 0 Å². The maximum atomic E-state index is 11.9. The van der Waals surface area contributed by atoms with Crippen LogP contribution in [0.4, 0.5) is 4.79 Å². The van der Waals surface area contributed by atoms with Gasteiger partial charge in [-0.1, -0.05) is 0 Å². The van der Waals surface area contributed by atoms with Crippen molar-refractivity contribution in [2.24, 2.45) is 0 Å². The number of carboxylic acids is 2. The molecule has 1 rings (SSSR count). The highest BCUT2D eigenvalue weighted by molar-refractivity contribution is 5.82. The zero-order valence-electron chi connectivity index (χ0n) is 11.4. The molecule has 1 atom stereocenters. The number of carbonyl (C=O) groups excluding carboxylic acids is 1. The van der Waals surface area contributed by atoms with Crippen molar-refractivity contribution in [3.05, 3.63) is 12.2 Å². The second-order valence-electron chi connectivity index (χ2n) is 4.41. The third-order valence-corrected chi connectivity index (χ3v) is 2.68. The first-order valence-electron chi connectivity index (χ1n) is 6.20. The second kappa shape index (κ2) is 7.82. The molecule has 1 heterocycles. The van der Waals surface area contributed by atoms with Crippen molar-refractivity contribution in [3.8, 4) is 0 Å². The van der Waals surface area contributed by atoms with Crippen LogP contribution < -0.4 is 5.32 Å². The fraction of sp³-hybridized carbons (Fsp3) is 0.545. The van der Waals surface area contributed by atoms with Gasteiger partial charge in [-0.25, -0.2) is 14.6 Å². The van der Waals surface area contributed by atoms with Crippen molar-refractivity contribution in [1.29, 1.82) is 0 Å². The van der Waals surface area contributed by atoms with Crippen LogP contribution in [0.3, 0.4) is 0 Å². The fourth-order valence-corrected chi connectivity index (χ4v) is 1.58. The van der Waals surface area contributed by atoms with E-state index < -0.39 is 24.0 Å². The predicted molar refractivity (Wildman–Crippen MR) is 69.3 cm³/mol. The topological polar surface area (TPSA) is 149 Å². The number of H-pyrrole nitrogens is 1. The minimum absolute atomic E-state index is 0.0452. The normalized spacial score (nSPS) is 11.7. The molecule has 0 aliphatic carbocycles. The number of amides is 2. The summed E-state index contributed by atoms with van der Waals surface area (Å²) in [5.74, 6) is -1.75. The van der Waals surface area contributed by atoms with E-state index in [1.165, 1.54) is 18.3 Å². The average Bonchev–Trinajstić information content (AvgIpc) is 2.89. The van der Waals surface area contributed by atoms with Crippen LogP contribution in [0.2, 0.25) is 0 Å². The number of carbonyl (C=O) groups is 3. The Kier molecular flexibility index (Phi) is 6.11. The number of rotatable bonds is 8. The van der Waals surface area contributed by atoms with E-state index in [0.29, 0.717) is 5.82 Å². The lowest BCUT2D eigenvalue weighted by Gasteiger charge is -2.20. The molecule has 0 spiro atoms. The molecule has 0 fully saturated rings. The summed E-state index contributed by atoms with van der Waals surface area (Å²) >= 11 is 0. The maximum Gasteiger partial charge on any atom is 0.326 e. The van der Waals surface area contributed by atoms with Gasteiger partial charge in [0, 0.05) is 13.5 Å². The summed E-state index contributed by atoms with van der Waals surface area (Å²) in [6, 6.07) is -1.72. The smallest absolute Gasteiger partial charge is 0.326 e. The minimum atomic E-state index is -1.21. The highest BCUT2D eigenvalue weighted by Gasteiger charge is 2.22. The Labute approximate surface area is 120 Å². The molecular formula is C11H17N5O5. The molecule has 0 saturated heterocycles. The summed E-state index contributed by atoms with van der Waals surface area (Å²) < 4.78 is 0. The molecule has 0 aliphatic rings. The quantitative estimate of drug-likeness (QED) is 0.512. The highest BCUT2D eigenvalue weighted by atomic mass is 16.4. The van der Waals surface area contributed by atoms with Gasteiger partial charge in [-0.3, -0.25) is 9.89 Å². The van der Waals surface area contributed by atoms with Gasteiger partial charge >= 0.3 is 18.0 Å². The Morgan fingerprint density at radius 1 is 1.43 bits per heavy atom. The van der Waals surface area contributed by atoms with Crippen molar-refractivity contribution >= 4 is 18.0 Å². The Bertz CT molecular complexity index is 489. The predicted octanol–water partition coefficient (Wildman–Crippen LogP) is -0.346. The lowest BCUT2D eigenvalue weighted by Crippen LogP contribution is -2.46. The molecule has 0 unspecified atom stereocenters. The molecule has 0 saturated carbocycles. The first-order valence-corrected chi connectivity index (χ1v) is 6.20. The summed E-state index contributed by atoms with van der Waals surface area (Å²) in [6.07, 6.45) is 1.36. The fourth-order valence-electron chi connectivity index (χ4n) is 1.58. The molecule has 1 aromatic heterocycles. The van der Waals surface area contributed by atoms with Crippen LogP contribution in [0.1, 0.15) is 25.1 Å². The van der Waals surface area contributed by atoms with E-state index in [4.69, 9.17) is 10.2 Å². The van der Waals surface area contributed by atoms with Crippen LogP contribution in [0.25, 0.3) is 0 Å². The number of nitrogens with zero attached hydrogens (tertiary/aromatic N) is 3. The monoisotopic (exact) mass is 299 g/mol. The van der Waals surface area contributed by atoms with E-state index in [9.17, 15) is 14.4 Å². The zero-order valence-corrected chi connectivity index (χ0v) is 11.4. The number of carboxylic acid groups (broad SMARTS) is 2. The van der Waals surface area contributed by atoms with Gasteiger partial charge in [0.2, 0.25) is 0 Å².